The molecule has 0 spiro atoms. The molecule has 0 atom stereocenters. The van der Waals surface area contributed by atoms with Crippen LogP contribution in [0.5, 0.6) is 0 Å². The highest BCUT2D eigenvalue weighted by molar-refractivity contribution is 7.98. The monoisotopic (exact) mass is 296 g/mol. The zero-order valence-electron chi connectivity index (χ0n) is 12.3. The minimum atomic E-state index is 0.706. The van der Waals surface area contributed by atoms with Crippen molar-refractivity contribution < 1.29 is 0 Å². The smallest absolute Gasteiger partial charge is 0.191 e. The van der Waals surface area contributed by atoms with E-state index >= 15 is 0 Å². The van der Waals surface area contributed by atoms with Crippen LogP contribution in [-0.2, 0) is 13.0 Å². The van der Waals surface area contributed by atoms with Gasteiger partial charge in [0.25, 0.3) is 0 Å². The van der Waals surface area contributed by atoms with Gasteiger partial charge in [-0.05, 0) is 6.26 Å². The molecule has 6 nitrogen and oxygen atoms in total. The Morgan fingerprint density at radius 1 is 1.55 bits per heavy atom. The van der Waals surface area contributed by atoms with Gasteiger partial charge in [0, 0.05) is 31.8 Å². The molecule has 1 aromatic rings. The van der Waals surface area contributed by atoms with E-state index in [0.717, 1.165) is 43.6 Å². The van der Waals surface area contributed by atoms with Crippen molar-refractivity contribution in [1.82, 2.24) is 25.4 Å². The molecule has 0 unspecified atom stereocenters. The van der Waals surface area contributed by atoms with Gasteiger partial charge in [-0.3, -0.25) is 4.99 Å². The van der Waals surface area contributed by atoms with Gasteiger partial charge in [0.2, 0.25) is 0 Å². The van der Waals surface area contributed by atoms with Gasteiger partial charge >= 0.3 is 0 Å². The van der Waals surface area contributed by atoms with Crippen molar-refractivity contribution in [2.45, 2.75) is 19.9 Å². The van der Waals surface area contributed by atoms with Crippen molar-refractivity contribution in [2.24, 2.45) is 4.99 Å². The van der Waals surface area contributed by atoms with E-state index in [1.165, 1.54) is 0 Å². The minimum absolute atomic E-state index is 0.706. The molecule has 1 heterocycles. The highest BCUT2D eigenvalue weighted by Gasteiger charge is 2.02. The van der Waals surface area contributed by atoms with Gasteiger partial charge in [-0.2, -0.15) is 11.8 Å². The highest BCUT2D eigenvalue weighted by atomic mass is 32.2. The zero-order valence-corrected chi connectivity index (χ0v) is 13.1. The predicted octanol–water partition coefficient (Wildman–Crippen LogP) is 0.925. The lowest BCUT2D eigenvalue weighted by Gasteiger charge is -2.12. The Hall–Kier alpha value is -1.50. The second kappa shape index (κ2) is 10.3. The zero-order chi connectivity index (χ0) is 14.6. The maximum absolute atomic E-state index is 4.50. The molecule has 0 saturated heterocycles. The molecule has 7 heteroatoms. The van der Waals surface area contributed by atoms with Gasteiger partial charge in [-0.15, -0.1) is 16.8 Å². The Balaban J connectivity index is 2.40. The third-order valence-electron chi connectivity index (χ3n) is 2.64. The number of aromatic nitrogens is 3. The first-order chi connectivity index (χ1) is 9.81. The highest BCUT2D eigenvalue weighted by Crippen LogP contribution is 1.94. The number of hydrogen-bond acceptors (Lipinski definition) is 4. The van der Waals surface area contributed by atoms with Crippen LogP contribution in [0.25, 0.3) is 0 Å². The van der Waals surface area contributed by atoms with Crippen LogP contribution in [0.15, 0.2) is 24.0 Å². The van der Waals surface area contributed by atoms with E-state index < -0.39 is 0 Å². The van der Waals surface area contributed by atoms with Crippen molar-refractivity contribution in [3.05, 3.63) is 24.8 Å². The summed E-state index contributed by atoms with van der Waals surface area (Å²) in [6, 6.07) is 0. The second-order valence-electron chi connectivity index (χ2n) is 4.11. The van der Waals surface area contributed by atoms with Crippen LogP contribution in [0, 0.1) is 0 Å². The maximum Gasteiger partial charge on any atom is 0.191 e. The number of rotatable bonds is 9. The lowest BCUT2D eigenvalue weighted by atomic mass is 10.4. The molecule has 0 fully saturated rings. The van der Waals surface area contributed by atoms with Crippen LogP contribution in [0.3, 0.4) is 0 Å². The number of nitrogens with zero attached hydrogens (tertiary/aromatic N) is 4. The van der Waals surface area contributed by atoms with Crippen LogP contribution in [0.1, 0.15) is 12.7 Å². The van der Waals surface area contributed by atoms with E-state index in [1.807, 2.05) is 6.08 Å². The Morgan fingerprint density at radius 3 is 3.10 bits per heavy atom. The van der Waals surface area contributed by atoms with E-state index in [9.17, 15) is 0 Å². The third kappa shape index (κ3) is 6.10. The molecule has 1 aromatic heterocycles. The van der Waals surface area contributed by atoms with Crippen molar-refractivity contribution in [2.75, 3.05) is 31.6 Å². The molecule has 0 aliphatic rings. The van der Waals surface area contributed by atoms with Gasteiger partial charge in [0.1, 0.15) is 12.2 Å². The average molecular weight is 296 g/mol. The van der Waals surface area contributed by atoms with Crippen LogP contribution < -0.4 is 10.6 Å². The molecule has 0 bridgehead atoms. The fourth-order valence-electron chi connectivity index (χ4n) is 1.63. The summed E-state index contributed by atoms with van der Waals surface area (Å²) in [5.41, 5.74) is 0. The molecule has 112 valence electrons. The summed E-state index contributed by atoms with van der Waals surface area (Å²) in [6.07, 6.45) is 6.56. The average Bonchev–Trinajstić information content (AvgIpc) is 2.91. The largest absolute Gasteiger partial charge is 0.355 e. The summed E-state index contributed by atoms with van der Waals surface area (Å²) in [5.74, 6) is 2.85. The molecule has 0 aliphatic carbocycles. The molecular formula is C13H24N6S. The topological polar surface area (TPSA) is 67.1 Å². The quantitative estimate of drug-likeness (QED) is 0.307. The van der Waals surface area contributed by atoms with Gasteiger partial charge < -0.3 is 15.2 Å². The van der Waals surface area contributed by atoms with Gasteiger partial charge in [0.05, 0.1) is 6.54 Å². The SMILES string of the molecule is C=CCNC(=NCCSC)NCCn1cnnc1CC. The third-order valence-corrected chi connectivity index (χ3v) is 3.23. The number of nitrogens with one attached hydrogen (secondary N) is 2. The van der Waals surface area contributed by atoms with Crippen molar-refractivity contribution in [3.8, 4) is 0 Å². The standard InChI is InChI=1S/C13H24N6S/c1-4-6-14-13(16-8-10-20-3)15-7-9-19-11-17-18-12(19)5-2/h4,11H,1,5-10H2,2-3H3,(H2,14,15,16). The van der Waals surface area contributed by atoms with Crippen LogP contribution >= 0.6 is 11.8 Å². The molecule has 0 saturated carbocycles. The van der Waals surface area contributed by atoms with E-state index in [1.54, 1.807) is 18.1 Å². The number of aryl methyl sites for hydroxylation is 1. The summed E-state index contributed by atoms with van der Waals surface area (Å²) in [6.45, 7) is 8.91. The molecule has 0 amide bonds. The van der Waals surface area contributed by atoms with Gasteiger partial charge in [0.15, 0.2) is 5.96 Å². The van der Waals surface area contributed by atoms with Crippen molar-refractivity contribution in [3.63, 3.8) is 0 Å². The molecular weight excluding hydrogens is 272 g/mol. The second-order valence-corrected chi connectivity index (χ2v) is 5.10. The van der Waals surface area contributed by atoms with Crippen molar-refractivity contribution in [1.29, 1.82) is 0 Å². The van der Waals surface area contributed by atoms with Crippen molar-refractivity contribution >= 4 is 17.7 Å². The molecule has 2 N–H and O–H groups in total. The fraction of sp³-hybridized carbons (Fsp3) is 0.615. The van der Waals surface area contributed by atoms with Crippen LogP contribution in [0.2, 0.25) is 0 Å². The summed E-state index contributed by atoms with van der Waals surface area (Å²) < 4.78 is 2.06. The van der Waals surface area contributed by atoms with Crippen LogP contribution in [-0.4, -0.2) is 52.4 Å². The first kappa shape index (κ1) is 16.6. The summed E-state index contributed by atoms with van der Waals surface area (Å²) >= 11 is 1.79. The minimum Gasteiger partial charge on any atom is -0.355 e. The predicted molar refractivity (Wildman–Crippen MR) is 86.3 cm³/mol. The fourth-order valence-corrected chi connectivity index (χ4v) is 1.90. The number of hydrogen-bond donors (Lipinski definition) is 2. The lowest BCUT2D eigenvalue weighted by Crippen LogP contribution is -2.39. The Labute approximate surface area is 125 Å². The lowest BCUT2D eigenvalue weighted by molar-refractivity contribution is 0.634. The maximum atomic E-state index is 4.50. The number of thioether (sulfide) groups is 1. The van der Waals surface area contributed by atoms with Crippen LogP contribution in [0.4, 0.5) is 0 Å². The molecule has 0 aromatic carbocycles. The van der Waals surface area contributed by atoms with Gasteiger partial charge in [-0.25, -0.2) is 0 Å². The first-order valence-corrected chi connectivity index (χ1v) is 8.19. The van der Waals surface area contributed by atoms with E-state index in [0.29, 0.717) is 6.54 Å². The van der Waals surface area contributed by atoms with Gasteiger partial charge in [-0.1, -0.05) is 13.0 Å². The number of aliphatic imine (C=N–C) groups is 1. The normalized spacial score (nSPS) is 11.4. The number of guanidine groups is 1. The summed E-state index contributed by atoms with van der Waals surface area (Å²) in [4.78, 5) is 4.50. The summed E-state index contributed by atoms with van der Waals surface area (Å²) in [5, 5.41) is 14.5. The van der Waals surface area contributed by atoms with E-state index in [2.05, 4.69) is 50.1 Å². The summed E-state index contributed by atoms with van der Waals surface area (Å²) in [7, 11) is 0. The molecule has 20 heavy (non-hydrogen) atoms. The molecule has 1 rings (SSSR count). The van der Waals surface area contributed by atoms with E-state index in [4.69, 9.17) is 0 Å². The molecule has 0 radical (unpaired) electrons. The Kier molecular flexibility index (Phi) is 8.53. The molecule has 0 aliphatic heterocycles. The first-order valence-electron chi connectivity index (χ1n) is 6.80. The van der Waals surface area contributed by atoms with E-state index in [-0.39, 0.29) is 0 Å². The Morgan fingerprint density at radius 2 is 2.40 bits per heavy atom. The Bertz CT molecular complexity index is 415.